The third-order valence-corrected chi connectivity index (χ3v) is 3.15. The van der Waals surface area contributed by atoms with Gasteiger partial charge in [0.25, 0.3) is 0 Å². The molecule has 0 heterocycles. The van der Waals surface area contributed by atoms with E-state index in [1.54, 1.807) is 12.1 Å². The number of carbonyl (C=O) groups is 2. The smallest absolute Gasteiger partial charge is 0.303 e. The third-order valence-electron chi connectivity index (χ3n) is 3.15. The quantitative estimate of drug-likeness (QED) is 0.348. The van der Waals surface area contributed by atoms with E-state index in [-0.39, 0.29) is 18.1 Å². The van der Waals surface area contributed by atoms with Gasteiger partial charge in [0.1, 0.15) is 0 Å². The molecule has 0 unspecified atom stereocenters. The molecule has 0 fully saturated rings. The summed E-state index contributed by atoms with van der Waals surface area (Å²) in [6.07, 6.45) is 4.90. The van der Waals surface area contributed by atoms with Crippen LogP contribution in [0.5, 0.6) is 11.5 Å². The Morgan fingerprint density at radius 3 is 2.52 bits per heavy atom. The number of carboxylic acid groups (broad SMARTS) is 1. The first-order chi connectivity index (χ1) is 11.0. The van der Waals surface area contributed by atoms with Crippen molar-refractivity contribution in [3.8, 4) is 11.5 Å². The molecule has 0 radical (unpaired) electrons. The van der Waals surface area contributed by atoms with Gasteiger partial charge in [-0.15, -0.1) is 0 Å². The van der Waals surface area contributed by atoms with Crippen LogP contribution in [0, 0.1) is 0 Å². The lowest BCUT2D eigenvalue weighted by atomic mass is 10.1. The Bertz CT molecular complexity index is 557. The average molecular weight is 322 g/mol. The molecule has 1 rings (SSSR count). The molecule has 0 aromatic heterocycles. The number of aliphatic carboxylic acids is 1. The van der Waals surface area contributed by atoms with Crippen LogP contribution in [0.1, 0.15) is 44.1 Å². The minimum Gasteiger partial charge on any atom is -0.504 e. The molecule has 0 spiro atoms. The zero-order valence-electron chi connectivity index (χ0n) is 13.1. The van der Waals surface area contributed by atoms with E-state index in [0.29, 0.717) is 30.6 Å². The van der Waals surface area contributed by atoms with Crippen molar-refractivity contribution in [2.45, 2.75) is 38.5 Å². The number of carboxylic acids is 1. The van der Waals surface area contributed by atoms with E-state index < -0.39 is 5.97 Å². The van der Waals surface area contributed by atoms with Gasteiger partial charge in [-0.05, 0) is 36.6 Å². The number of methoxy groups -OCH3 is 1. The lowest BCUT2D eigenvalue weighted by molar-refractivity contribution is -0.137. The van der Waals surface area contributed by atoms with Crippen molar-refractivity contribution in [3.05, 3.63) is 23.8 Å². The summed E-state index contributed by atoms with van der Waals surface area (Å²) in [7, 11) is 1.46. The normalized spacial score (nSPS) is 10.7. The maximum atomic E-state index is 11.6. The zero-order chi connectivity index (χ0) is 17.1. The van der Waals surface area contributed by atoms with E-state index in [2.05, 4.69) is 10.5 Å². The fourth-order valence-corrected chi connectivity index (χ4v) is 1.94. The first-order valence-corrected chi connectivity index (χ1v) is 7.43. The van der Waals surface area contributed by atoms with Gasteiger partial charge < -0.3 is 14.9 Å². The van der Waals surface area contributed by atoms with Crippen LogP contribution in [0.25, 0.3) is 0 Å². The molecule has 1 amide bonds. The standard InChI is InChI=1S/C16H22N2O5/c1-23-14-9-8-12(10-13(14)19)11-17-18-15(20)6-4-2-3-5-7-16(21)22/h8-11,19H,2-7H2,1H3,(H,18,20)(H,21,22)/b17-11+. The zero-order valence-corrected chi connectivity index (χ0v) is 13.1. The highest BCUT2D eigenvalue weighted by Crippen LogP contribution is 2.25. The van der Waals surface area contributed by atoms with Crippen molar-refractivity contribution in [2.75, 3.05) is 7.11 Å². The van der Waals surface area contributed by atoms with Gasteiger partial charge in [-0.1, -0.05) is 12.8 Å². The largest absolute Gasteiger partial charge is 0.504 e. The molecule has 7 nitrogen and oxygen atoms in total. The van der Waals surface area contributed by atoms with Crippen LogP contribution in [0.4, 0.5) is 0 Å². The molecule has 3 N–H and O–H groups in total. The highest BCUT2D eigenvalue weighted by atomic mass is 16.5. The predicted octanol–water partition coefficient (Wildman–Crippen LogP) is 2.28. The van der Waals surface area contributed by atoms with Crippen LogP contribution < -0.4 is 10.2 Å². The molecule has 0 aliphatic heterocycles. The Morgan fingerprint density at radius 1 is 1.22 bits per heavy atom. The Labute approximate surface area is 135 Å². The summed E-state index contributed by atoms with van der Waals surface area (Å²) in [5, 5.41) is 21.9. The minimum atomic E-state index is -0.790. The maximum absolute atomic E-state index is 11.6. The highest BCUT2D eigenvalue weighted by molar-refractivity contribution is 5.83. The number of nitrogens with zero attached hydrogens (tertiary/aromatic N) is 1. The van der Waals surface area contributed by atoms with Gasteiger partial charge in [0, 0.05) is 12.8 Å². The molecule has 7 heteroatoms. The molecule has 0 aliphatic carbocycles. The number of carbonyl (C=O) groups excluding carboxylic acids is 1. The number of phenolic OH excluding ortho intramolecular Hbond substituents is 1. The number of unbranched alkanes of at least 4 members (excludes halogenated alkanes) is 3. The molecular weight excluding hydrogens is 300 g/mol. The number of hydrogen-bond donors (Lipinski definition) is 3. The van der Waals surface area contributed by atoms with Crippen LogP contribution in [-0.4, -0.2) is 35.4 Å². The number of hydrazone groups is 1. The van der Waals surface area contributed by atoms with Gasteiger partial charge in [-0.3, -0.25) is 9.59 Å². The van der Waals surface area contributed by atoms with Crippen molar-refractivity contribution < 1.29 is 24.5 Å². The monoisotopic (exact) mass is 322 g/mol. The second kappa shape index (κ2) is 10.2. The van der Waals surface area contributed by atoms with E-state index in [1.165, 1.54) is 19.4 Å². The number of hydrogen-bond acceptors (Lipinski definition) is 5. The van der Waals surface area contributed by atoms with Crippen LogP contribution in [0.15, 0.2) is 23.3 Å². The van der Waals surface area contributed by atoms with Crippen molar-refractivity contribution in [1.82, 2.24) is 5.43 Å². The SMILES string of the molecule is COc1ccc(/C=N/NC(=O)CCCCCCC(=O)O)cc1O. The first-order valence-electron chi connectivity index (χ1n) is 7.43. The summed E-state index contributed by atoms with van der Waals surface area (Å²) >= 11 is 0. The van der Waals surface area contributed by atoms with Crippen molar-refractivity contribution >= 4 is 18.1 Å². The molecule has 23 heavy (non-hydrogen) atoms. The van der Waals surface area contributed by atoms with E-state index in [4.69, 9.17) is 9.84 Å². The van der Waals surface area contributed by atoms with Crippen LogP contribution in [-0.2, 0) is 9.59 Å². The minimum absolute atomic E-state index is 0.00383. The topological polar surface area (TPSA) is 108 Å². The molecule has 0 saturated heterocycles. The Kier molecular flexibility index (Phi) is 8.20. The van der Waals surface area contributed by atoms with Gasteiger partial charge in [0.05, 0.1) is 13.3 Å². The molecule has 126 valence electrons. The molecule has 0 saturated carbocycles. The summed E-state index contributed by atoms with van der Waals surface area (Å²) in [6, 6.07) is 4.79. The second-order valence-corrected chi connectivity index (χ2v) is 5.03. The summed E-state index contributed by atoms with van der Waals surface area (Å²) in [6.45, 7) is 0. The van der Waals surface area contributed by atoms with Crippen LogP contribution in [0.2, 0.25) is 0 Å². The third kappa shape index (κ3) is 7.85. The number of aromatic hydroxyl groups is 1. The number of nitrogens with one attached hydrogen (secondary N) is 1. The average Bonchev–Trinajstić information content (AvgIpc) is 2.50. The molecule has 1 aromatic carbocycles. The van der Waals surface area contributed by atoms with Crippen molar-refractivity contribution in [2.24, 2.45) is 5.10 Å². The van der Waals surface area contributed by atoms with Crippen molar-refractivity contribution in [1.29, 1.82) is 0 Å². The summed E-state index contributed by atoms with van der Waals surface area (Å²) < 4.78 is 4.93. The molecule has 1 aromatic rings. The van der Waals surface area contributed by atoms with E-state index >= 15 is 0 Å². The van der Waals surface area contributed by atoms with Gasteiger partial charge in [0.2, 0.25) is 5.91 Å². The lowest BCUT2D eigenvalue weighted by Gasteiger charge is -2.03. The van der Waals surface area contributed by atoms with Gasteiger partial charge in [-0.25, -0.2) is 5.43 Å². The summed E-state index contributed by atoms with van der Waals surface area (Å²) in [5.74, 6) is -0.614. The Morgan fingerprint density at radius 2 is 1.91 bits per heavy atom. The summed E-state index contributed by atoms with van der Waals surface area (Å²) in [4.78, 5) is 21.9. The fourth-order valence-electron chi connectivity index (χ4n) is 1.94. The van der Waals surface area contributed by atoms with E-state index in [1.807, 2.05) is 0 Å². The highest BCUT2D eigenvalue weighted by Gasteiger charge is 2.02. The van der Waals surface area contributed by atoms with Gasteiger partial charge >= 0.3 is 5.97 Å². The molecular formula is C16H22N2O5. The van der Waals surface area contributed by atoms with E-state index in [0.717, 1.165) is 12.8 Å². The number of amides is 1. The summed E-state index contributed by atoms with van der Waals surface area (Å²) in [5.41, 5.74) is 3.05. The maximum Gasteiger partial charge on any atom is 0.303 e. The predicted molar refractivity (Wildman–Crippen MR) is 85.7 cm³/mol. The van der Waals surface area contributed by atoms with Gasteiger partial charge in [-0.2, -0.15) is 5.10 Å². The molecule has 0 atom stereocenters. The van der Waals surface area contributed by atoms with Gasteiger partial charge in [0.15, 0.2) is 11.5 Å². The second-order valence-electron chi connectivity index (χ2n) is 5.03. The van der Waals surface area contributed by atoms with E-state index in [9.17, 15) is 14.7 Å². The molecule has 0 aliphatic rings. The Balaban J connectivity index is 2.22. The fraction of sp³-hybridized carbons (Fsp3) is 0.438. The number of phenols is 1. The van der Waals surface area contributed by atoms with Crippen LogP contribution >= 0.6 is 0 Å². The van der Waals surface area contributed by atoms with Crippen molar-refractivity contribution in [3.63, 3.8) is 0 Å². The number of ether oxygens (including phenoxy) is 1. The first kappa shape index (κ1) is 18.5. The molecule has 0 bridgehead atoms. The van der Waals surface area contributed by atoms with Crippen LogP contribution in [0.3, 0.4) is 0 Å². The number of rotatable bonds is 10. The number of benzene rings is 1. The lowest BCUT2D eigenvalue weighted by Crippen LogP contribution is -2.16. The Hall–Kier alpha value is -2.57.